The average molecular weight is 1720 g/mol. The highest BCUT2D eigenvalue weighted by Gasteiger charge is 2.32. The van der Waals surface area contributed by atoms with Crippen molar-refractivity contribution in [1.82, 2.24) is 19.6 Å². The fourth-order valence-electron chi connectivity index (χ4n) is 20.0. The van der Waals surface area contributed by atoms with Crippen LogP contribution in [0.4, 0.5) is 34.1 Å². The Morgan fingerprint density at radius 2 is 0.423 bits per heavy atom. The van der Waals surface area contributed by atoms with Gasteiger partial charge in [0, 0.05) is 135 Å². The average Bonchev–Trinajstić information content (AvgIpc) is 0.752. The van der Waals surface area contributed by atoms with Crippen LogP contribution in [0.2, 0.25) is 0 Å². The minimum absolute atomic E-state index is 0.555. The molecule has 0 aromatic heterocycles. The predicted octanol–water partition coefficient (Wildman–Crippen LogP) is 21.7. The van der Waals surface area contributed by atoms with Crippen LogP contribution in [-0.2, 0) is 71.9 Å². The van der Waals surface area contributed by atoms with Gasteiger partial charge in [-0.15, -0.1) is 0 Å². The smallest absolute Gasteiger partial charge is 0.161 e. The Morgan fingerprint density at radius 3 is 0.792 bits per heavy atom. The normalized spacial score (nSPS) is 16.5. The Balaban J connectivity index is 0.0000000964. The quantitative estimate of drug-likeness (QED) is 0.157. The topological polar surface area (TPSA) is 115 Å². The van der Waals surface area contributed by atoms with Crippen molar-refractivity contribution >= 4 is 88.0 Å². The maximum absolute atomic E-state index is 6.28. The molecule has 0 saturated carbocycles. The highest BCUT2D eigenvalue weighted by Crippen LogP contribution is 2.47. The maximum atomic E-state index is 6.28. The molecule has 0 amide bonds. The predicted molar refractivity (Wildman–Crippen MR) is 519 cm³/mol. The molecule has 130 heavy (non-hydrogen) atoms. The molecule has 16 aromatic rings. The maximum Gasteiger partial charge on any atom is 0.161 e. The lowest BCUT2D eigenvalue weighted by Crippen LogP contribution is -2.33. The Morgan fingerprint density at radius 1 is 0.185 bits per heavy atom. The zero-order valence-electron chi connectivity index (χ0n) is 73.9. The van der Waals surface area contributed by atoms with E-state index in [1.165, 1.54) is 144 Å². The number of anilines is 6. The van der Waals surface area contributed by atoms with Gasteiger partial charge in [-0.25, -0.2) is 0 Å². The van der Waals surface area contributed by atoms with E-state index in [9.17, 15) is 0 Å². The van der Waals surface area contributed by atoms with Gasteiger partial charge in [0.25, 0.3) is 0 Å². The van der Waals surface area contributed by atoms with Gasteiger partial charge >= 0.3 is 0 Å². The monoisotopic (exact) mass is 1720 g/mol. The van der Waals surface area contributed by atoms with Crippen molar-refractivity contribution in [2.45, 2.75) is 71.9 Å². The first-order valence-electron chi connectivity index (χ1n) is 45.1. The van der Waals surface area contributed by atoms with Crippen LogP contribution in [-0.4, -0.2) is 115 Å². The minimum Gasteiger partial charge on any atom is -0.478 e. The van der Waals surface area contributed by atoms with Gasteiger partial charge in [-0.1, -0.05) is 176 Å². The molecule has 10 aliphatic rings. The summed E-state index contributed by atoms with van der Waals surface area (Å²) in [6.45, 7) is 15.4. The van der Waals surface area contributed by atoms with Crippen molar-refractivity contribution in [3.05, 3.63) is 365 Å². The van der Waals surface area contributed by atoms with Crippen LogP contribution in [0.3, 0.4) is 0 Å². The number of rotatable bonds is 6. The molecule has 0 aliphatic carbocycles. The Hall–Kier alpha value is -14.3. The van der Waals surface area contributed by atoms with Crippen LogP contribution in [0.1, 0.15) is 61.2 Å². The number of fused-ring (bicyclic) bond motifs is 25. The van der Waals surface area contributed by atoms with Crippen molar-refractivity contribution in [2.24, 2.45) is 0 Å². The second-order valence-electron chi connectivity index (χ2n) is 35.3. The summed E-state index contributed by atoms with van der Waals surface area (Å²) in [6, 6.07) is 106. The summed E-state index contributed by atoms with van der Waals surface area (Å²) in [6.07, 6.45) is 1.08. The van der Waals surface area contributed by atoms with Crippen LogP contribution in [0.15, 0.2) is 303 Å². The van der Waals surface area contributed by atoms with E-state index in [-0.39, 0.29) is 0 Å². The van der Waals surface area contributed by atoms with E-state index >= 15 is 0 Å². The fraction of sp³-hybridized carbons (Fsp3) is 0.225. The molecule has 16 aromatic carbocycles. The lowest BCUT2D eigenvalue weighted by Gasteiger charge is -2.35. The van der Waals surface area contributed by atoms with Crippen LogP contribution < -0.4 is 72.0 Å². The SMILES string of the molecule is CN1COc2ccc3c4c(ccc3c2C1)OCN(C)C4.CN1COc2ccc3ccc4c(c3c2C1)CN(C)CO4.c1ccc(N2CCc3ccc4ccc5c(c4c3C2)CN(c2ccccc2)CO5)cc1.c1ccc(N2COc3c(ccc4c5c(ccc34)OCN(c3ccccc3)C5)C2)cc1.c1ccc(N2COc3ccc4c5c(ccc4c3C2)OCN(c2ccccc2)C5)cc1. The van der Waals surface area contributed by atoms with Gasteiger partial charge in [0.2, 0.25) is 0 Å². The molecule has 10 heterocycles. The molecule has 0 unspecified atom stereocenters. The Bertz CT molecular complexity index is 6560. The standard InChI is InChI=1S/C27H24N2O.2C26H22N2O2.2C16H18N2O2/c1-3-7-22(8-4-1)28-16-15-20-11-12-21-13-14-26-25(27(21)24(20)17-28)18-29(19-30-26)23-9-5-2-6-10-23;1-3-7-19(8-4-1)27-15-23-21-11-14-26-24(22(21)12-13-25(23)29-17-27)16-28(18-30-26)20-9-5-2-6-10-20;1-3-7-20(8-4-1)27-15-19-11-12-22-23(26(19)30-18-27)13-14-25-24(22)16-28(17-29-25)21-9-5-2-6-10-21;1-17-7-13-11-3-6-16-14(8-18(2)10-20-16)12(11)4-5-15(13)19-9-17;1-17-7-12-14(19-9-17)5-3-11-4-6-15-13(16(11)12)8-18(2)10-20-15/h1-14H,15-19H2;2*1-14H,15-18H2;2*3-6H,7-10H2,1-2H3. The van der Waals surface area contributed by atoms with Crippen LogP contribution in [0.25, 0.3) is 53.9 Å². The van der Waals surface area contributed by atoms with Crippen molar-refractivity contribution in [2.75, 3.05) is 125 Å². The second-order valence-corrected chi connectivity index (χ2v) is 35.3. The molecule has 652 valence electrons. The summed E-state index contributed by atoms with van der Waals surface area (Å²) in [5.74, 6) is 9.00. The molecular weight excluding hydrogens is 1620 g/mol. The van der Waals surface area contributed by atoms with Gasteiger partial charge in [-0.3, -0.25) is 19.6 Å². The lowest BCUT2D eigenvalue weighted by atomic mass is 9.90. The molecule has 19 heteroatoms. The largest absolute Gasteiger partial charge is 0.478 e. The second kappa shape index (κ2) is 35.7. The van der Waals surface area contributed by atoms with Gasteiger partial charge in [0.05, 0.1) is 26.2 Å². The summed E-state index contributed by atoms with van der Waals surface area (Å²) in [7, 11) is 8.33. The number of ether oxygens (including phenoxy) is 9. The lowest BCUT2D eigenvalue weighted by molar-refractivity contribution is 0.119. The van der Waals surface area contributed by atoms with E-state index in [2.05, 4.69) is 356 Å². The highest BCUT2D eigenvalue weighted by atomic mass is 16.5. The number of hydrogen-bond donors (Lipinski definition) is 0. The van der Waals surface area contributed by atoms with Crippen molar-refractivity contribution in [3.63, 3.8) is 0 Å². The fourth-order valence-corrected chi connectivity index (χ4v) is 20.0. The molecular formula is C111H104N10O9. The van der Waals surface area contributed by atoms with Gasteiger partial charge in [0.15, 0.2) is 33.7 Å². The molecule has 0 atom stereocenters. The summed E-state index contributed by atoms with van der Waals surface area (Å²) in [5, 5.41) is 12.7. The summed E-state index contributed by atoms with van der Waals surface area (Å²) in [4.78, 5) is 22.6. The number of nitrogens with zero attached hydrogens (tertiary/aromatic N) is 10. The molecule has 26 rings (SSSR count). The minimum atomic E-state index is 0.555. The van der Waals surface area contributed by atoms with Crippen molar-refractivity contribution < 1.29 is 42.6 Å². The third-order valence-electron chi connectivity index (χ3n) is 26.6. The molecule has 10 aliphatic heterocycles. The molecule has 19 nitrogen and oxygen atoms in total. The summed E-state index contributed by atoms with van der Waals surface area (Å²) in [5.41, 5.74) is 21.5. The first-order valence-corrected chi connectivity index (χ1v) is 45.1. The highest BCUT2D eigenvalue weighted by molar-refractivity contribution is 5.98. The Labute approximate surface area is 758 Å². The number of para-hydroxylation sites is 6. The number of benzene rings is 16. The van der Waals surface area contributed by atoms with E-state index < -0.39 is 0 Å². The third kappa shape index (κ3) is 16.3. The van der Waals surface area contributed by atoms with Crippen LogP contribution >= 0.6 is 0 Å². The molecule has 0 fully saturated rings. The van der Waals surface area contributed by atoms with Gasteiger partial charge in [-0.2, -0.15) is 0 Å². The van der Waals surface area contributed by atoms with E-state index in [4.69, 9.17) is 42.6 Å². The number of hydrogen-bond acceptors (Lipinski definition) is 19. The molecule has 0 N–H and O–H groups in total. The molecule has 0 spiro atoms. The molecule has 0 radical (unpaired) electrons. The zero-order valence-corrected chi connectivity index (χ0v) is 73.9. The van der Waals surface area contributed by atoms with E-state index in [0.717, 1.165) is 136 Å². The third-order valence-corrected chi connectivity index (χ3v) is 26.6. The first-order chi connectivity index (χ1) is 64.0. The van der Waals surface area contributed by atoms with Gasteiger partial charge < -0.3 is 72.0 Å². The van der Waals surface area contributed by atoms with Crippen molar-refractivity contribution in [3.8, 4) is 51.7 Å². The van der Waals surface area contributed by atoms with Crippen molar-refractivity contribution in [1.29, 1.82) is 0 Å². The van der Waals surface area contributed by atoms with E-state index in [1.54, 1.807) is 0 Å². The zero-order chi connectivity index (χ0) is 87.1. The van der Waals surface area contributed by atoms with E-state index in [1.807, 2.05) is 24.3 Å². The summed E-state index contributed by atoms with van der Waals surface area (Å²) >= 11 is 0. The molecule has 0 bridgehead atoms. The Kier molecular flexibility index (Phi) is 22.4. The first kappa shape index (κ1) is 81.4. The van der Waals surface area contributed by atoms with Gasteiger partial charge in [-0.05, 0) is 222 Å². The van der Waals surface area contributed by atoms with E-state index in [0.29, 0.717) is 60.6 Å². The molecule has 0 saturated heterocycles. The summed E-state index contributed by atoms with van der Waals surface area (Å²) < 4.78 is 54.1. The van der Waals surface area contributed by atoms with Crippen LogP contribution in [0, 0.1) is 0 Å². The van der Waals surface area contributed by atoms with Gasteiger partial charge in [0.1, 0.15) is 78.7 Å². The van der Waals surface area contributed by atoms with Crippen LogP contribution in [0.5, 0.6) is 51.7 Å².